The van der Waals surface area contributed by atoms with Gasteiger partial charge in [0.1, 0.15) is 0 Å². The monoisotopic (exact) mass is 200 g/mol. The van der Waals surface area contributed by atoms with Crippen molar-refractivity contribution < 1.29 is 0 Å². The Balaban J connectivity index is 2.20. The number of hydrazine groups is 1. The van der Waals surface area contributed by atoms with E-state index in [0.717, 1.165) is 6.54 Å². The summed E-state index contributed by atoms with van der Waals surface area (Å²) in [6.07, 6.45) is 1.25. The second-order valence-corrected chi connectivity index (χ2v) is 5.17. The largest absolute Gasteiger partial charge is 0.271 e. The SMILES string of the molecule is NNCc1cc2c(s1)CCSC2. The van der Waals surface area contributed by atoms with Crippen LogP contribution >= 0.6 is 23.1 Å². The van der Waals surface area contributed by atoms with Crippen molar-refractivity contribution in [2.75, 3.05) is 5.75 Å². The molecule has 1 aromatic heterocycles. The summed E-state index contributed by atoms with van der Waals surface area (Å²) in [4.78, 5) is 2.93. The molecule has 0 saturated carbocycles. The van der Waals surface area contributed by atoms with Crippen molar-refractivity contribution in [3.63, 3.8) is 0 Å². The molecule has 0 aliphatic carbocycles. The smallest absolute Gasteiger partial charge is 0.0442 e. The summed E-state index contributed by atoms with van der Waals surface area (Å²) in [6, 6.07) is 2.28. The average molecular weight is 200 g/mol. The van der Waals surface area contributed by atoms with E-state index in [2.05, 4.69) is 11.5 Å². The van der Waals surface area contributed by atoms with Gasteiger partial charge in [-0.3, -0.25) is 11.3 Å². The van der Waals surface area contributed by atoms with Crippen molar-refractivity contribution in [1.29, 1.82) is 0 Å². The van der Waals surface area contributed by atoms with Crippen LogP contribution in [0, 0.1) is 0 Å². The molecule has 0 aromatic carbocycles. The highest BCUT2D eigenvalue weighted by atomic mass is 32.2. The van der Waals surface area contributed by atoms with Gasteiger partial charge < -0.3 is 0 Å². The molecule has 0 unspecified atom stereocenters. The molecule has 1 aromatic rings. The minimum Gasteiger partial charge on any atom is -0.271 e. The Hall–Kier alpha value is -0.0300. The third kappa shape index (κ3) is 1.66. The number of hydrogen-bond acceptors (Lipinski definition) is 4. The third-order valence-electron chi connectivity index (χ3n) is 1.95. The molecule has 0 saturated heterocycles. The maximum Gasteiger partial charge on any atom is 0.0442 e. The van der Waals surface area contributed by atoms with E-state index in [1.54, 1.807) is 4.88 Å². The van der Waals surface area contributed by atoms with E-state index in [9.17, 15) is 0 Å². The van der Waals surface area contributed by atoms with Crippen LogP contribution in [-0.4, -0.2) is 5.75 Å². The first kappa shape index (κ1) is 8.56. The molecule has 0 fully saturated rings. The quantitative estimate of drug-likeness (QED) is 0.561. The van der Waals surface area contributed by atoms with E-state index >= 15 is 0 Å². The van der Waals surface area contributed by atoms with Gasteiger partial charge in [0.25, 0.3) is 0 Å². The highest BCUT2D eigenvalue weighted by Crippen LogP contribution is 2.31. The number of aryl methyl sites for hydroxylation is 1. The topological polar surface area (TPSA) is 38.0 Å². The standard InChI is InChI=1S/C8H12N2S2/c9-10-4-7-3-6-5-11-2-1-8(6)12-7/h3,10H,1-2,4-5,9H2. The number of nitrogens with two attached hydrogens (primary N) is 1. The molecule has 2 nitrogen and oxygen atoms in total. The predicted octanol–water partition coefficient (Wildman–Crippen LogP) is 1.50. The number of fused-ring (bicyclic) bond motifs is 1. The minimum absolute atomic E-state index is 0.808. The Bertz CT molecular complexity index is 247. The van der Waals surface area contributed by atoms with E-state index in [4.69, 9.17) is 5.84 Å². The molecule has 0 radical (unpaired) electrons. The molecule has 0 atom stereocenters. The normalized spacial score (nSPS) is 16.1. The van der Waals surface area contributed by atoms with Gasteiger partial charge in [-0.05, 0) is 23.8 Å². The molecular weight excluding hydrogens is 188 g/mol. The van der Waals surface area contributed by atoms with E-state index in [1.807, 2.05) is 23.1 Å². The molecule has 0 amide bonds. The lowest BCUT2D eigenvalue weighted by Gasteiger charge is -2.08. The fourth-order valence-corrected chi connectivity index (χ4v) is 3.73. The van der Waals surface area contributed by atoms with Crippen LogP contribution in [0.4, 0.5) is 0 Å². The molecule has 0 spiro atoms. The zero-order valence-electron chi connectivity index (χ0n) is 6.80. The molecule has 0 bridgehead atoms. The van der Waals surface area contributed by atoms with Gasteiger partial charge in [-0.15, -0.1) is 11.3 Å². The number of thiophene rings is 1. The zero-order chi connectivity index (χ0) is 8.39. The summed E-state index contributed by atoms with van der Waals surface area (Å²) in [7, 11) is 0. The van der Waals surface area contributed by atoms with Gasteiger partial charge in [-0.25, -0.2) is 0 Å². The van der Waals surface area contributed by atoms with Gasteiger partial charge in [-0.2, -0.15) is 11.8 Å². The number of thioether (sulfide) groups is 1. The number of hydrogen-bond donors (Lipinski definition) is 2. The van der Waals surface area contributed by atoms with Crippen molar-refractivity contribution in [2.24, 2.45) is 5.84 Å². The van der Waals surface area contributed by atoms with Crippen LogP contribution in [0.25, 0.3) is 0 Å². The summed E-state index contributed by atoms with van der Waals surface area (Å²) >= 11 is 3.93. The lowest BCUT2D eigenvalue weighted by atomic mass is 10.2. The Kier molecular flexibility index (Phi) is 2.70. The van der Waals surface area contributed by atoms with E-state index in [1.165, 1.54) is 28.4 Å². The maximum absolute atomic E-state index is 5.27. The third-order valence-corrected chi connectivity index (χ3v) is 4.20. The summed E-state index contributed by atoms with van der Waals surface area (Å²) in [6.45, 7) is 0.808. The maximum atomic E-state index is 5.27. The lowest BCUT2D eigenvalue weighted by molar-refractivity contribution is 0.751. The molecule has 4 heteroatoms. The lowest BCUT2D eigenvalue weighted by Crippen LogP contribution is -2.19. The molecule has 1 aliphatic heterocycles. The van der Waals surface area contributed by atoms with Crippen LogP contribution in [0.1, 0.15) is 15.3 Å². The Morgan fingerprint density at radius 1 is 1.58 bits per heavy atom. The summed E-state index contributed by atoms with van der Waals surface area (Å²) in [5.74, 6) is 7.74. The van der Waals surface area contributed by atoms with Crippen LogP contribution in [0.2, 0.25) is 0 Å². The Morgan fingerprint density at radius 2 is 2.50 bits per heavy atom. The van der Waals surface area contributed by atoms with E-state index < -0.39 is 0 Å². The predicted molar refractivity (Wildman–Crippen MR) is 55.2 cm³/mol. The van der Waals surface area contributed by atoms with Crippen molar-refractivity contribution >= 4 is 23.1 Å². The fourth-order valence-electron chi connectivity index (χ4n) is 1.40. The molecular formula is C8H12N2S2. The zero-order valence-corrected chi connectivity index (χ0v) is 8.43. The van der Waals surface area contributed by atoms with Gasteiger partial charge in [0.15, 0.2) is 0 Å². The first-order valence-electron chi connectivity index (χ1n) is 4.02. The van der Waals surface area contributed by atoms with Gasteiger partial charge >= 0.3 is 0 Å². The van der Waals surface area contributed by atoms with Crippen molar-refractivity contribution in [3.05, 3.63) is 21.4 Å². The summed E-state index contributed by atoms with van der Waals surface area (Å²) in [5.41, 5.74) is 4.23. The molecule has 1 aliphatic rings. The first-order chi connectivity index (χ1) is 5.90. The fraction of sp³-hybridized carbons (Fsp3) is 0.500. The molecule has 12 heavy (non-hydrogen) atoms. The Labute approximate surface area is 80.5 Å². The number of rotatable bonds is 2. The highest BCUT2D eigenvalue weighted by Gasteiger charge is 2.12. The Morgan fingerprint density at radius 3 is 3.25 bits per heavy atom. The second-order valence-electron chi connectivity index (χ2n) is 2.84. The van der Waals surface area contributed by atoms with E-state index in [-0.39, 0.29) is 0 Å². The van der Waals surface area contributed by atoms with Crippen molar-refractivity contribution in [2.45, 2.75) is 18.7 Å². The minimum atomic E-state index is 0.808. The van der Waals surface area contributed by atoms with Gasteiger partial charge in [0, 0.05) is 22.1 Å². The van der Waals surface area contributed by atoms with E-state index in [0.29, 0.717) is 0 Å². The first-order valence-corrected chi connectivity index (χ1v) is 5.99. The molecule has 66 valence electrons. The second kappa shape index (κ2) is 3.79. The van der Waals surface area contributed by atoms with Crippen molar-refractivity contribution in [1.82, 2.24) is 5.43 Å². The van der Waals surface area contributed by atoms with Gasteiger partial charge in [-0.1, -0.05) is 0 Å². The molecule has 3 N–H and O–H groups in total. The van der Waals surface area contributed by atoms with Crippen LogP contribution in [0.3, 0.4) is 0 Å². The molecule has 2 rings (SSSR count). The van der Waals surface area contributed by atoms with Crippen LogP contribution in [0.15, 0.2) is 6.07 Å². The summed E-state index contributed by atoms with van der Waals surface area (Å²) < 4.78 is 0. The number of nitrogens with one attached hydrogen (secondary N) is 1. The van der Waals surface area contributed by atoms with Crippen molar-refractivity contribution in [3.8, 4) is 0 Å². The van der Waals surface area contributed by atoms with Crippen LogP contribution in [-0.2, 0) is 18.7 Å². The molecule has 2 heterocycles. The van der Waals surface area contributed by atoms with Crippen LogP contribution in [0.5, 0.6) is 0 Å². The van der Waals surface area contributed by atoms with Crippen LogP contribution < -0.4 is 11.3 Å². The average Bonchev–Trinajstić information content (AvgIpc) is 2.47. The highest BCUT2D eigenvalue weighted by molar-refractivity contribution is 7.98. The summed E-state index contributed by atoms with van der Waals surface area (Å²) in [5, 5.41) is 0. The van der Waals surface area contributed by atoms with Gasteiger partial charge in [0.05, 0.1) is 0 Å². The van der Waals surface area contributed by atoms with Gasteiger partial charge in [0.2, 0.25) is 0 Å².